The quantitative estimate of drug-likeness (QED) is 0.871. The molecule has 0 saturated heterocycles. The van der Waals surface area contributed by atoms with Gasteiger partial charge < -0.3 is 10.1 Å². The van der Waals surface area contributed by atoms with Crippen molar-refractivity contribution in [3.05, 3.63) is 63.1 Å². The molecule has 0 fully saturated rings. The van der Waals surface area contributed by atoms with Gasteiger partial charge in [0.25, 0.3) is 0 Å². The van der Waals surface area contributed by atoms with Crippen molar-refractivity contribution in [2.24, 2.45) is 0 Å². The second-order valence-electron chi connectivity index (χ2n) is 4.16. The minimum absolute atomic E-state index is 0.540. The summed E-state index contributed by atoms with van der Waals surface area (Å²) in [5.74, 6) is 0.795. The van der Waals surface area contributed by atoms with Gasteiger partial charge in [0.2, 0.25) is 0 Å². The highest BCUT2D eigenvalue weighted by molar-refractivity contribution is 9.10. The van der Waals surface area contributed by atoms with Crippen LogP contribution >= 0.6 is 27.5 Å². The Balaban J connectivity index is 2.10. The van der Waals surface area contributed by atoms with Gasteiger partial charge in [0.1, 0.15) is 12.4 Å². The molecule has 19 heavy (non-hydrogen) atoms. The van der Waals surface area contributed by atoms with E-state index in [4.69, 9.17) is 16.3 Å². The smallest absolute Gasteiger partial charge is 0.134 e. The molecule has 0 aliphatic heterocycles. The molecule has 0 bridgehead atoms. The maximum absolute atomic E-state index is 5.91. The van der Waals surface area contributed by atoms with Crippen molar-refractivity contribution in [3.63, 3.8) is 0 Å². The molecule has 0 saturated carbocycles. The van der Waals surface area contributed by atoms with Gasteiger partial charge in [0, 0.05) is 11.6 Å². The van der Waals surface area contributed by atoms with Crippen LogP contribution < -0.4 is 10.1 Å². The monoisotopic (exact) mass is 339 g/mol. The topological polar surface area (TPSA) is 21.3 Å². The first-order valence-corrected chi connectivity index (χ1v) is 7.17. The second kappa shape index (κ2) is 6.94. The number of nitrogens with one attached hydrogen (secondary N) is 1. The van der Waals surface area contributed by atoms with E-state index in [0.717, 1.165) is 16.8 Å². The van der Waals surface area contributed by atoms with Crippen molar-refractivity contribution >= 4 is 27.5 Å². The SMILES string of the molecule is CNCc1ccccc1COc1ccc(Cl)cc1Br. The molecule has 2 nitrogen and oxygen atoms in total. The Labute approximate surface area is 126 Å². The van der Waals surface area contributed by atoms with Crippen LogP contribution in [0.1, 0.15) is 11.1 Å². The van der Waals surface area contributed by atoms with E-state index >= 15 is 0 Å². The molecule has 0 aliphatic carbocycles. The van der Waals surface area contributed by atoms with E-state index in [1.54, 1.807) is 0 Å². The lowest BCUT2D eigenvalue weighted by atomic mass is 10.1. The first-order chi connectivity index (χ1) is 9.20. The molecule has 2 aromatic carbocycles. The van der Waals surface area contributed by atoms with E-state index in [1.807, 2.05) is 37.4 Å². The Morgan fingerprint density at radius 1 is 1.16 bits per heavy atom. The summed E-state index contributed by atoms with van der Waals surface area (Å²) in [6.45, 7) is 1.37. The molecule has 4 heteroatoms. The molecule has 0 amide bonds. The van der Waals surface area contributed by atoms with Crippen LogP contribution in [0.25, 0.3) is 0 Å². The number of halogens is 2. The molecule has 0 heterocycles. The predicted molar refractivity (Wildman–Crippen MR) is 82.7 cm³/mol. The summed E-state index contributed by atoms with van der Waals surface area (Å²) in [5.41, 5.74) is 2.42. The van der Waals surface area contributed by atoms with Crippen molar-refractivity contribution in [2.75, 3.05) is 7.05 Å². The molecule has 100 valence electrons. The zero-order chi connectivity index (χ0) is 13.7. The summed E-state index contributed by atoms with van der Waals surface area (Å²) in [6.07, 6.45) is 0. The van der Waals surface area contributed by atoms with E-state index in [0.29, 0.717) is 11.6 Å². The Bertz CT molecular complexity index is 560. The second-order valence-corrected chi connectivity index (χ2v) is 5.45. The van der Waals surface area contributed by atoms with Crippen LogP contribution in [0, 0.1) is 0 Å². The Morgan fingerprint density at radius 2 is 1.89 bits per heavy atom. The predicted octanol–water partition coefficient (Wildman–Crippen LogP) is 4.40. The van der Waals surface area contributed by atoms with E-state index < -0.39 is 0 Å². The highest BCUT2D eigenvalue weighted by Crippen LogP contribution is 2.28. The first-order valence-electron chi connectivity index (χ1n) is 6.00. The van der Waals surface area contributed by atoms with Crippen molar-refractivity contribution in [1.82, 2.24) is 5.32 Å². The van der Waals surface area contributed by atoms with Gasteiger partial charge >= 0.3 is 0 Å². The van der Waals surface area contributed by atoms with Crippen molar-refractivity contribution in [1.29, 1.82) is 0 Å². The van der Waals surface area contributed by atoms with Crippen LogP contribution in [0.15, 0.2) is 46.9 Å². The fourth-order valence-corrected chi connectivity index (χ4v) is 2.61. The zero-order valence-electron chi connectivity index (χ0n) is 10.6. The molecule has 0 spiro atoms. The summed E-state index contributed by atoms with van der Waals surface area (Å²) in [5, 5.41) is 3.85. The third kappa shape index (κ3) is 3.96. The van der Waals surface area contributed by atoms with Gasteiger partial charge in [0.05, 0.1) is 4.47 Å². The molecule has 0 atom stereocenters. The largest absolute Gasteiger partial charge is 0.488 e. The minimum atomic E-state index is 0.540. The molecule has 2 rings (SSSR count). The third-order valence-corrected chi connectivity index (χ3v) is 3.62. The number of hydrogen-bond acceptors (Lipinski definition) is 2. The standard InChI is InChI=1S/C15H15BrClNO/c1-18-9-11-4-2-3-5-12(11)10-19-15-7-6-13(17)8-14(15)16/h2-8,18H,9-10H2,1H3. The number of benzene rings is 2. The van der Waals surface area contributed by atoms with E-state index in [1.165, 1.54) is 11.1 Å². The van der Waals surface area contributed by atoms with Crippen LogP contribution in [0.4, 0.5) is 0 Å². The van der Waals surface area contributed by atoms with Crippen LogP contribution in [0.2, 0.25) is 5.02 Å². The van der Waals surface area contributed by atoms with Crippen molar-refractivity contribution < 1.29 is 4.74 Å². The zero-order valence-corrected chi connectivity index (χ0v) is 13.0. The van der Waals surface area contributed by atoms with Crippen LogP contribution in [0.5, 0.6) is 5.75 Å². The molecule has 2 aromatic rings. The fourth-order valence-electron chi connectivity index (χ4n) is 1.81. The van der Waals surface area contributed by atoms with Gasteiger partial charge in [0.15, 0.2) is 0 Å². The van der Waals surface area contributed by atoms with E-state index in [9.17, 15) is 0 Å². The maximum Gasteiger partial charge on any atom is 0.134 e. The van der Waals surface area contributed by atoms with Crippen molar-refractivity contribution in [2.45, 2.75) is 13.2 Å². The minimum Gasteiger partial charge on any atom is -0.488 e. The number of hydrogen-bond donors (Lipinski definition) is 1. The summed E-state index contributed by atoms with van der Waals surface area (Å²) >= 11 is 9.35. The van der Waals surface area contributed by atoms with Gasteiger partial charge in [-0.2, -0.15) is 0 Å². The lowest BCUT2D eigenvalue weighted by Gasteiger charge is -2.12. The van der Waals surface area contributed by atoms with Gasteiger partial charge in [-0.3, -0.25) is 0 Å². The lowest BCUT2D eigenvalue weighted by Crippen LogP contribution is -2.09. The summed E-state index contributed by atoms with van der Waals surface area (Å²) in [4.78, 5) is 0. The summed E-state index contributed by atoms with van der Waals surface area (Å²) < 4.78 is 6.70. The highest BCUT2D eigenvalue weighted by Gasteiger charge is 2.05. The van der Waals surface area contributed by atoms with Crippen LogP contribution in [-0.2, 0) is 13.2 Å². The number of rotatable bonds is 5. The lowest BCUT2D eigenvalue weighted by molar-refractivity contribution is 0.303. The first kappa shape index (κ1) is 14.4. The fraction of sp³-hybridized carbons (Fsp3) is 0.200. The van der Waals surface area contributed by atoms with Gasteiger partial charge in [-0.25, -0.2) is 0 Å². The molecule has 0 unspecified atom stereocenters. The molecule has 0 aliphatic rings. The Morgan fingerprint density at radius 3 is 2.58 bits per heavy atom. The molecular weight excluding hydrogens is 326 g/mol. The Hall–Kier alpha value is -1.03. The van der Waals surface area contributed by atoms with E-state index in [2.05, 4.69) is 33.4 Å². The van der Waals surface area contributed by atoms with Gasteiger partial charge in [-0.15, -0.1) is 0 Å². The van der Waals surface area contributed by atoms with Crippen LogP contribution in [0.3, 0.4) is 0 Å². The number of ether oxygens (including phenoxy) is 1. The van der Waals surface area contributed by atoms with E-state index in [-0.39, 0.29) is 0 Å². The third-order valence-electron chi connectivity index (χ3n) is 2.76. The highest BCUT2D eigenvalue weighted by atomic mass is 79.9. The molecule has 1 N–H and O–H groups in total. The molecular formula is C15H15BrClNO. The molecule has 0 radical (unpaired) electrons. The van der Waals surface area contributed by atoms with Gasteiger partial charge in [-0.1, -0.05) is 35.9 Å². The average molecular weight is 341 g/mol. The van der Waals surface area contributed by atoms with Crippen molar-refractivity contribution in [3.8, 4) is 5.75 Å². The summed E-state index contributed by atoms with van der Waals surface area (Å²) in [6, 6.07) is 13.8. The normalized spacial score (nSPS) is 10.5. The summed E-state index contributed by atoms with van der Waals surface area (Å²) in [7, 11) is 1.94. The Kier molecular flexibility index (Phi) is 5.25. The molecule has 0 aromatic heterocycles. The average Bonchev–Trinajstić information content (AvgIpc) is 2.40. The van der Waals surface area contributed by atoms with Crippen LogP contribution in [-0.4, -0.2) is 7.05 Å². The van der Waals surface area contributed by atoms with Gasteiger partial charge in [-0.05, 0) is 52.3 Å². The maximum atomic E-state index is 5.91.